The maximum atomic E-state index is 11.3. The van der Waals surface area contributed by atoms with Gasteiger partial charge in [-0.15, -0.1) is 4.68 Å². The summed E-state index contributed by atoms with van der Waals surface area (Å²) in [4.78, 5) is 23.8. The molecule has 4 rings (SSSR count). The van der Waals surface area contributed by atoms with Crippen LogP contribution in [-0.2, 0) is 6.54 Å². The summed E-state index contributed by atoms with van der Waals surface area (Å²) in [6.45, 7) is 1.76. The molecule has 0 bridgehead atoms. The molecular weight excluding hydrogens is 420 g/mol. The molecule has 0 aliphatic heterocycles. The quantitative estimate of drug-likeness (QED) is 0.268. The van der Waals surface area contributed by atoms with Gasteiger partial charge in [-0.2, -0.15) is 0 Å². The van der Waals surface area contributed by atoms with Gasteiger partial charge in [-0.1, -0.05) is 40.8 Å². The predicted octanol–water partition coefficient (Wildman–Crippen LogP) is 3.57. The Balaban J connectivity index is 1.62. The van der Waals surface area contributed by atoms with Gasteiger partial charge in [0.25, 0.3) is 0 Å². The third-order valence-corrected chi connectivity index (χ3v) is 4.69. The van der Waals surface area contributed by atoms with Crippen molar-refractivity contribution in [2.45, 2.75) is 13.5 Å². The number of nitrogens with zero attached hydrogens (tertiary/aromatic N) is 6. The SMILES string of the molecule is Cc1nn(CCOc2nc3cccnc3nc2C#Cc2ccccc2)c([N+](=O)[O-])c1Cl. The molecule has 0 N–H and O–H groups in total. The van der Waals surface area contributed by atoms with Gasteiger partial charge in [0.2, 0.25) is 5.88 Å². The lowest BCUT2D eigenvalue weighted by molar-refractivity contribution is -0.392. The topological polar surface area (TPSA) is 109 Å². The monoisotopic (exact) mass is 434 g/mol. The minimum atomic E-state index is -0.569. The van der Waals surface area contributed by atoms with E-state index < -0.39 is 4.92 Å². The summed E-state index contributed by atoms with van der Waals surface area (Å²) in [6, 6.07) is 12.9. The molecule has 0 unspecified atom stereocenters. The maximum Gasteiger partial charge on any atom is 0.364 e. The summed E-state index contributed by atoms with van der Waals surface area (Å²) in [6.07, 6.45) is 1.62. The molecule has 9 nitrogen and oxygen atoms in total. The van der Waals surface area contributed by atoms with Crippen LogP contribution in [0.2, 0.25) is 5.02 Å². The normalized spacial score (nSPS) is 10.5. The van der Waals surface area contributed by atoms with Gasteiger partial charge in [-0.25, -0.2) is 15.0 Å². The van der Waals surface area contributed by atoms with E-state index in [1.165, 1.54) is 4.68 Å². The molecule has 0 spiro atoms. The molecule has 0 radical (unpaired) electrons. The van der Waals surface area contributed by atoms with Gasteiger partial charge in [-0.3, -0.25) is 0 Å². The molecule has 10 heteroatoms. The van der Waals surface area contributed by atoms with Crippen molar-refractivity contribution in [2.24, 2.45) is 0 Å². The van der Waals surface area contributed by atoms with Crippen LogP contribution in [0.15, 0.2) is 48.7 Å². The van der Waals surface area contributed by atoms with Crippen LogP contribution in [0.5, 0.6) is 5.88 Å². The molecule has 3 heterocycles. The van der Waals surface area contributed by atoms with Crippen LogP contribution in [0.3, 0.4) is 0 Å². The third kappa shape index (κ3) is 4.44. The van der Waals surface area contributed by atoms with Gasteiger partial charge in [-0.05, 0) is 42.0 Å². The minimum Gasteiger partial charge on any atom is -0.471 e. The highest BCUT2D eigenvalue weighted by Gasteiger charge is 2.24. The Morgan fingerprint density at radius 2 is 1.97 bits per heavy atom. The number of aryl methyl sites for hydroxylation is 1. The van der Waals surface area contributed by atoms with Crippen molar-refractivity contribution in [3.8, 4) is 17.7 Å². The van der Waals surface area contributed by atoms with E-state index in [4.69, 9.17) is 16.3 Å². The van der Waals surface area contributed by atoms with E-state index in [9.17, 15) is 10.1 Å². The number of ether oxygens (including phenoxy) is 1. The Bertz CT molecular complexity index is 1330. The van der Waals surface area contributed by atoms with Crippen LogP contribution in [0.25, 0.3) is 11.2 Å². The van der Waals surface area contributed by atoms with Crippen LogP contribution in [-0.4, -0.2) is 36.3 Å². The fourth-order valence-electron chi connectivity index (χ4n) is 2.82. The lowest BCUT2D eigenvalue weighted by Gasteiger charge is -2.07. The smallest absolute Gasteiger partial charge is 0.364 e. The Labute approximate surface area is 181 Å². The van der Waals surface area contributed by atoms with Crippen LogP contribution in [0, 0.1) is 28.9 Å². The summed E-state index contributed by atoms with van der Waals surface area (Å²) in [7, 11) is 0. The molecule has 0 aliphatic rings. The number of halogens is 1. The highest BCUT2D eigenvalue weighted by Crippen LogP contribution is 2.27. The zero-order valence-corrected chi connectivity index (χ0v) is 17.1. The molecule has 0 fully saturated rings. The highest BCUT2D eigenvalue weighted by molar-refractivity contribution is 6.33. The first-order valence-corrected chi connectivity index (χ1v) is 9.60. The first-order chi connectivity index (χ1) is 15.0. The Kier molecular flexibility index (Phi) is 5.73. The van der Waals surface area contributed by atoms with E-state index in [0.29, 0.717) is 22.6 Å². The Hall–Kier alpha value is -4.03. The lowest BCUT2D eigenvalue weighted by Crippen LogP contribution is -2.13. The van der Waals surface area contributed by atoms with Crippen molar-refractivity contribution in [2.75, 3.05) is 6.61 Å². The molecule has 0 atom stereocenters. The average Bonchev–Trinajstić information content (AvgIpc) is 3.06. The summed E-state index contributed by atoms with van der Waals surface area (Å²) >= 11 is 5.98. The molecule has 31 heavy (non-hydrogen) atoms. The van der Waals surface area contributed by atoms with E-state index in [1.54, 1.807) is 25.3 Å². The molecule has 154 valence electrons. The number of pyridine rings is 1. The second kappa shape index (κ2) is 8.77. The van der Waals surface area contributed by atoms with Crippen molar-refractivity contribution in [3.05, 3.63) is 80.7 Å². The van der Waals surface area contributed by atoms with Crippen molar-refractivity contribution >= 4 is 28.6 Å². The summed E-state index contributed by atoms with van der Waals surface area (Å²) in [5, 5.41) is 15.4. The fourth-order valence-corrected chi connectivity index (χ4v) is 3.02. The lowest BCUT2D eigenvalue weighted by atomic mass is 10.2. The molecule has 0 aliphatic carbocycles. The molecule has 0 amide bonds. The second-order valence-corrected chi connectivity index (χ2v) is 6.77. The van der Waals surface area contributed by atoms with E-state index in [2.05, 4.69) is 31.9 Å². The first kappa shape index (κ1) is 20.3. The zero-order chi connectivity index (χ0) is 21.8. The molecule has 4 aromatic rings. The largest absolute Gasteiger partial charge is 0.471 e. The van der Waals surface area contributed by atoms with Crippen molar-refractivity contribution in [3.63, 3.8) is 0 Å². The summed E-state index contributed by atoms with van der Waals surface area (Å²) < 4.78 is 6.99. The van der Waals surface area contributed by atoms with E-state index in [1.807, 2.05) is 30.3 Å². The predicted molar refractivity (Wildman–Crippen MR) is 114 cm³/mol. The van der Waals surface area contributed by atoms with Gasteiger partial charge in [0.15, 0.2) is 16.4 Å². The molecule has 3 aromatic heterocycles. The first-order valence-electron chi connectivity index (χ1n) is 9.23. The average molecular weight is 435 g/mol. The summed E-state index contributed by atoms with van der Waals surface area (Å²) in [5.74, 6) is 5.93. The van der Waals surface area contributed by atoms with Gasteiger partial charge in [0.05, 0.1) is 0 Å². The Morgan fingerprint density at radius 1 is 1.16 bits per heavy atom. The van der Waals surface area contributed by atoms with Gasteiger partial charge < -0.3 is 14.9 Å². The minimum absolute atomic E-state index is 0.0102. The number of aromatic nitrogens is 5. The number of hydrogen-bond acceptors (Lipinski definition) is 7. The van der Waals surface area contributed by atoms with E-state index in [-0.39, 0.29) is 29.9 Å². The van der Waals surface area contributed by atoms with E-state index in [0.717, 1.165) is 5.56 Å². The highest BCUT2D eigenvalue weighted by atomic mass is 35.5. The Morgan fingerprint density at radius 3 is 2.74 bits per heavy atom. The van der Waals surface area contributed by atoms with Crippen LogP contribution in [0.1, 0.15) is 17.0 Å². The van der Waals surface area contributed by atoms with Gasteiger partial charge in [0, 0.05) is 11.8 Å². The number of nitro groups is 1. The fraction of sp³-hybridized carbons (Fsp3) is 0.143. The number of benzene rings is 1. The molecule has 0 saturated carbocycles. The molecular formula is C21H15ClN6O3. The maximum absolute atomic E-state index is 11.3. The van der Waals surface area contributed by atoms with Gasteiger partial charge in [0.1, 0.15) is 24.4 Å². The molecule has 1 aromatic carbocycles. The van der Waals surface area contributed by atoms with Crippen LogP contribution >= 0.6 is 11.6 Å². The number of fused-ring (bicyclic) bond motifs is 1. The van der Waals surface area contributed by atoms with Crippen molar-refractivity contribution in [1.82, 2.24) is 24.7 Å². The number of rotatable bonds is 5. The summed E-state index contributed by atoms with van der Waals surface area (Å²) in [5.41, 5.74) is 2.50. The second-order valence-electron chi connectivity index (χ2n) is 6.39. The zero-order valence-electron chi connectivity index (χ0n) is 16.3. The van der Waals surface area contributed by atoms with Crippen molar-refractivity contribution < 1.29 is 9.66 Å². The third-order valence-electron chi connectivity index (χ3n) is 4.25. The van der Waals surface area contributed by atoms with E-state index >= 15 is 0 Å². The standard InChI is InChI=1S/C21H15ClN6O3/c1-14-18(22)21(28(29)30)27(26-14)12-13-31-20-17(10-9-15-6-3-2-4-7-15)24-19-16(25-20)8-5-11-23-19/h2-8,11H,12-13H2,1H3. The van der Waals surface area contributed by atoms with Crippen molar-refractivity contribution in [1.29, 1.82) is 0 Å². The van der Waals surface area contributed by atoms with Gasteiger partial charge >= 0.3 is 5.82 Å². The van der Waals surface area contributed by atoms with Crippen LogP contribution < -0.4 is 4.74 Å². The van der Waals surface area contributed by atoms with Crippen LogP contribution in [0.4, 0.5) is 5.82 Å². The molecule has 0 saturated heterocycles. The number of hydrogen-bond donors (Lipinski definition) is 0.